The minimum Gasteiger partial charge on any atom is -0.496 e. The molecule has 3 heterocycles. The number of aromatic nitrogens is 3. The normalized spacial score (nSPS) is 10.8. The van der Waals surface area contributed by atoms with Gasteiger partial charge in [-0.05, 0) is 23.8 Å². The zero-order chi connectivity index (χ0) is 21.3. The molecule has 3 aromatic heterocycles. The molecule has 1 amide bonds. The molecule has 7 nitrogen and oxygen atoms in total. The van der Waals surface area contributed by atoms with Crippen LogP contribution in [-0.2, 0) is 0 Å². The van der Waals surface area contributed by atoms with E-state index in [4.69, 9.17) is 9.47 Å². The topological polar surface area (TPSA) is 80.3 Å². The highest BCUT2D eigenvalue weighted by atomic mass is 16.5. The third kappa shape index (κ3) is 3.24. The number of ether oxygens (including phenoxy) is 2. The molecule has 152 valence electrons. The van der Waals surface area contributed by atoms with Gasteiger partial charge in [-0.15, -0.1) is 0 Å². The molecule has 4 aromatic rings. The molecule has 1 N–H and O–H groups in total. The highest BCUT2D eigenvalue weighted by Gasteiger charge is 2.20. The molecule has 0 saturated carbocycles. The monoisotopic (exact) mass is 402 g/mol. The van der Waals surface area contributed by atoms with Crippen LogP contribution in [0.4, 0.5) is 0 Å². The molecule has 0 aliphatic rings. The molecule has 30 heavy (non-hydrogen) atoms. The quantitative estimate of drug-likeness (QED) is 0.546. The van der Waals surface area contributed by atoms with Gasteiger partial charge in [0.2, 0.25) is 0 Å². The van der Waals surface area contributed by atoms with E-state index < -0.39 is 0 Å². The lowest BCUT2D eigenvalue weighted by Crippen LogP contribution is -2.21. The van der Waals surface area contributed by atoms with Crippen molar-refractivity contribution in [3.63, 3.8) is 0 Å². The number of hydrogen-bond acceptors (Lipinski definition) is 5. The average molecular weight is 402 g/mol. The van der Waals surface area contributed by atoms with Crippen molar-refractivity contribution < 1.29 is 14.3 Å². The molecule has 1 aromatic carbocycles. The Kier molecular flexibility index (Phi) is 5.10. The number of carbonyl (C=O) groups is 1. The van der Waals surface area contributed by atoms with Crippen LogP contribution in [-0.4, -0.2) is 54.1 Å². The number of H-pyrrole nitrogens is 1. The van der Waals surface area contributed by atoms with Crippen LogP contribution in [0.5, 0.6) is 11.5 Å². The third-order valence-corrected chi connectivity index (χ3v) is 4.98. The van der Waals surface area contributed by atoms with Gasteiger partial charge in [-0.25, -0.2) is 4.98 Å². The van der Waals surface area contributed by atoms with Crippen LogP contribution in [0.25, 0.3) is 33.3 Å². The SMILES string of the molecule is COc1ccncc1-c1c[nH]c2ncc(-c3cccc(C(=O)N(C)C)c3)c(OC)c12. The fourth-order valence-corrected chi connectivity index (χ4v) is 3.54. The van der Waals surface area contributed by atoms with Gasteiger partial charge in [0.25, 0.3) is 5.91 Å². The molecule has 0 aliphatic heterocycles. The van der Waals surface area contributed by atoms with Crippen LogP contribution in [0, 0.1) is 0 Å². The summed E-state index contributed by atoms with van der Waals surface area (Å²) in [4.78, 5) is 26.0. The fraction of sp³-hybridized carbons (Fsp3) is 0.174. The predicted octanol–water partition coefficient (Wildman–Crippen LogP) is 4.01. The van der Waals surface area contributed by atoms with Gasteiger partial charge in [0, 0.05) is 61.1 Å². The van der Waals surface area contributed by atoms with Gasteiger partial charge in [-0.3, -0.25) is 9.78 Å². The number of fused-ring (bicyclic) bond motifs is 1. The summed E-state index contributed by atoms with van der Waals surface area (Å²) in [5, 5.41) is 0.825. The maximum Gasteiger partial charge on any atom is 0.253 e. The van der Waals surface area contributed by atoms with Crippen LogP contribution >= 0.6 is 0 Å². The molecule has 4 rings (SSSR count). The Hall–Kier alpha value is -3.87. The van der Waals surface area contributed by atoms with Gasteiger partial charge < -0.3 is 19.4 Å². The van der Waals surface area contributed by atoms with E-state index in [9.17, 15) is 4.79 Å². The lowest BCUT2D eigenvalue weighted by molar-refractivity contribution is 0.0827. The molecule has 0 atom stereocenters. The minimum atomic E-state index is -0.0627. The minimum absolute atomic E-state index is 0.0627. The van der Waals surface area contributed by atoms with E-state index in [2.05, 4.69) is 15.0 Å². The zero-order valence-corrected chi connectivity index (χ0v) is 17.3. The third-order valence-electron chi connectivity index (χ3n) is 4.98. The van der Waals surface area contributed by atoms with Crippen LogP contribution in [0.3, 0.4) is 0 Å². The first kappa shape index (κ1) is 19.4. The van der Waals surface area contributed by atoms with Crippen LogP contribution in [0.15, 0.2) is 55.1 Å². The highest BCUT2D eigenvalue weighted by molar-refractivity contribution is 6.03. The second-order valence-corrected chi connectivity index (χ2v) is 6.99. The molecule has 0 bridgehead atoms. The second kappa shape index (κ2) is 7.87. The van der Waals surface area contributed by atoms with Crippen molar-refractivity contribution in [1.29, 1.82) is 0 Å². The van der Waals surface area contributed by atoms with E-state index in [0.29, 0.717) is 22.7 Å². The van der Waals surface area contributed by atoms with Crippen LogP contribution < -0.4 is 9.47 Å². The first-order chi connectivity index (χ1) is 14.5. The van der Waals surface area contributed by atoms with Crippen molar-refractivity contribution in [3.05, 3.63) is 60.7 Å². The fourth-order valence-electron chi connectivity index (χ4n) is 3.54. The van der Waals surface area contributed by atoms with Crippen LogP contribution in [0.2, 0.25) is 0 Å². The Morgan fingerprint density at radius 2 is 1.87 bits per heavy atom. The van der Waals surface area contributed by atoms with Gasteiger partial charge >= 0.3 is 0 Å². The van der Waals surface area contributed by atoms with Gasteiger partial charge in [0.1, 0.15) is 17.1 Å². The Morgan fingerprint density at radius 1 is 1.03 bits per heavy atom. The molecular weight excluding hydrogens is 380 g/mol. The summed E-state index contributed by atoms with van der Waals surface area (Å²) in [6.07, 6.45) is 7.06. The van der Waals surface area contributed by atoms with Crippen LogP contribution in [0.1, 0.15) is 10.4 Å². The maximum atomic E-state index is 12.4. The molecular formula is C23H22N4O3. The van der Waals surface area contributed by atoms with Gasteiger partial charge in [0.05, 0.1) is 19.6 Å². The largest absolute Gasteiger partial charge is 0.496 e. The number of benzene rings is 1. The van der Waals surface area contributed by atoms with E-state index >= 15 is 0 Å². The lowest BCUT2D eigenvalue weighted by Gasteiger charge is -2.14. The Labute approximate surface area is 174 Å². The number of pyridine rings is 2. The predicted molar refractivity (Wildman–Crippen MR) is 116 cm³/mol. The smallest absolute Gasteiger partial charge is 0.253 e. The van der Waals surface area contributed by atoms with Crippen molar-refractivity contribution in [2.75, 3.05) is 28.3 Å². The first-order valence-electron chi connectivity index (χ1n) is 9.39. The summed E-state index contributed by atoms with van der Waals surface area (Å²) < 4.78 is 11.4. The zero-order valence-electron chi connectivity index (χ0n) is 17.3. The maximum absolute atomic E-state index is 12.4. The van der Waals surface area contributed by atoms with Gasteiger partial charge in [0.15, 0.2) is 0 Å². The molecule has 0 aliphatic carbocycles. The van der Waals surface area contributed by atoms with Gasteiger partial charge in [-0.1, -0.05) is 12.1 Å². The Bertz CT molecular complexity index is 1230. The summed E-state index contributed by atoms with van der Waals surface area (Å²) in [5.74, 6) is 1.31. The second-order valence-electron chi connectivity index (χ2n) is 6.99. The average Bonchev–Trinajstić information content (AvgIpc) is 3.22. The number of nitrogens with zero attached hydrogens (tertiary/aromatic N) is 3. The lowest BCUT2D eigenvalue weighted by atomic mass is 9.99. The van der Waals surface area contributed by atoms with E-state index in [1.807, 2.05) is 30.5 Å². The molecule has 0 unspecified atom stereocenters. The number of nitrogens with one attached hydrogen (secondary N) is 1. The summed E-state index contributed by atoms with van der Waals surface area (Å²) in [5.41, 5.74) is 4.64. The van der Waals surface area contributed by atoms with Crippen molar-refractivity contribution in [2.45, 2.75) is 0 Å². The van der Waals surface area contributed by atoms with E-state index in [-0.39, 0.29) is 5.91 Å². The van der Waals surface area contributed by atoms with Crippen molar-refractivity contribution in [2.24, 2.45) is 0 Å². The van der Waals surface area contributed by atoms with Crippen molar-refractivity contribution in [3.8, 4) is 33.8 Å². The number of carbonyl (C=O) groups excluding carboxylic acids is 1. The summed E-state index contributed by atoms with van der Waals surface area (Å²) in [7, 11) is 6.72. The number of methoxy groups -OCH3 is 2. The highest BCUT2D eigenvalue weighted by Crippen LogP contribution is 2.42. The van der Waals surface area contributed by atoms with Crippen molar-refractivity contribution in [1.82, 2.24) is 19.9 Å². The van der Waals surface area contributed by atoms with Gasteiger partial charge in [-0.2, -0.15) is 0 Å². The molecule has 0 saturated heterocycles. The standard InChI is InChI=1S/C23H22N4O3/c1-27(2)23(28)15-7-5-6-14(10-15)16-12-25-22-20(21(16)30-4)18(13-26-22)17-11-24-9-8-19(17)29-3/h5-13H,1-4H3,(H,25,26). The van der Waals surface area contributed by atoms with E-state index in [0.717, 1.165) is 27.6 Å². The summed E-state index contributed by atoms with van der Waals surface area (Å²) >= 11 is 0. The Morgan fingerprint density at radius 3 is 2.60 bits per heavy atom. The van der Waals surface area contributed by atoms with E-state index in [1.54, 1.807) is 57.9 Å². The molecule has 0 radical (unpaired) electrons. The molecule has 0 fully saturated rings. The Balaban J connectivity index is 1.94. The molecule has 0 spiro atoms. The van der Waals surface area contributed by atoms with E-state index in [1.165, 1.54) is 0 Å². The summed E-state index contributed by atoms with van der Waals surface area (Å²) in [6, 6.07) is 9.26. The summed E-state index contributed by atoms with van der Waals surface area (Å²) in [6.45, 7) is 0. The number of amides is 1. The number of hydrogen-bond donors (Lipinski definition) is 1. The number of rotatable bonds is 5. The first-order valence-corrected chi connectivity index (χ1v) is 9.39. The molecule has 7 heteroatoms. The van der Waals surface area contributed by atoms with Crippen molar-refractivity contribution >= 4 is 16.9 Å². The number of aromatic amines is 1.